The standard InChI is InChI=1S/C15H13ClN2O5S2/c16-13-9(6-11(24-13)25(18,21)22)15(20)23-10-5-7-3-1-2-4-8(7)12(10)14(17)19/h1-4,6,10,12H,5H2,(H2,17,19)(H2,18,21,22). The number of sulfonamides is 1. The van der Waals surface area contributed by atoms with E-state index in [2.05, 4.69) is 0 Å². The van der Waals surface area contributed by atoms with Gasteiger partial charge in [0.05, 0.1) is 5.56 Å². The van der Waals surface area contributed by atoms with Gasteiger partial charge in [-0.25, -0.2) is 18.4 Å². The molecule has 0 fully saturated rings. The van der Waals surface area contributed by atoms with Crippen LogP contribution in [-0.4, -0.2) is 26.4 Å². The molecule has 1 amide bonds. The van der Waals surface area contributed by atoms with E-state index in [0.29, 0.717) is 17.8 Å². The van der Waals surface area contributed by atoms with Crippen LogP contribution in [0.15, 0.2) is 34.5 Å². The molecule has 2 unspecified atom stereocenters. The molecule has 1 aliphatic carbocycles. The normalized spacial score (nSPS) is 19.4. The summed E-state index contributed by atoms with van der Waals surface area (Å²) in [6, 6.07) is 8.24. The lowest BCUT2D eigenvalue weighted by molar-refractivity contribution is -0.121. The lowest BCUT2D eigenvalue weighted by Crippen LogP contribution is -2.32. The molecule has 25 heavy (non-hydrogen) atoms. The maximum atomic E-state index is 12.4. The topological polar surface area (TPSA) is 130 Å². The van der Waals surface area contributed by atoms with Crippen molar-refractivity contribution in [3.63, 3.8) is 0 Å². The van der Waals surface area contributed by atoms with Crippen molar-refractivity contribution < 1.29 is 22.7 Å². The van der Waals surface area contributed by atoms with E-state index in [-0.39, 0.29) is 14.1 Å². The molecule has 10 heteroatoms. The third-order valence-electron chi connectivity index (χ3n) is 3.91. The van der Waals surface area contributed by atoms with E-state index in [1.54, 1.807) is 12.1 Å². The fourth-order valence-corrected chi connectivity index (χ4v) is 4.95. The average molecular weight is 401 g/mol. The zero-order valence-electron chi connectivity index (χ0n) is 12.6. The van der Waals surface area contributed by atoms with Crippen LogP contribution in [0.2, 0.25) is 4.34 Å². The Labute approximate surface area is 152 Å². The molecule has 2 atom stereocenters. The molecule has 1 aliphatic rings. The third-order valence-corrected chi connectivity index (χ3v) is 6.69. The predicted molar refractivity (Wildman–Crippen MR) is 92.0 cm³/mol. The number of thiophene rings is 1. The quantitative estimate of drug-likeness (QED) is 0.749. The van der Waals surface area contributed by atoms with Gasteiger partial charge in [-0.15, -0.1) is 11.3 Å². The molecule has 0 saturated heterocycles. The lowest BCUT2D eigenvalue weighted by atomic mass is 9.99. The van der Waals surface area contributed by atoms with Crippen LogP contribution in [0.3, 0.4) is 0 Å². The van der Waals surface area contributed by atoms with Crippen molar-refractivity contribution >= 4 is 44.8 Å². The number of esters is 1. The second-order valence-corrected chi connectivity index (χ2v) is 8.97. The molecule has 1 aromatic heterocycles. The molecule has 0 aliphatic heterocycles. The first-order chi connectivity index (χ1) is 11.7. The summed E-state index contributed by atoms with van der Waals surface area (Å²) in [5, 5.41) is 5.03. The van der Waals surface area contributed by atoms with Crippen LogP contribution in [0.1, 0.15) is 27.4 Å². The molecule has 0 spiro atoms. The third kappa shape index (κ3) is 3.40. The summed E-state index contributed by atoms with van der Waals surface area (Å²) < 4.78 is 27.9. The SMILES string of the molecule is NC(=O)C1c2ccccc2CC1OC(=O)c1cc(S(N)(=O)=O)sc1Cl. The minimum absolute atomic E-state index is 0.0554. The van der Waals surface area contributed by atoms with E-state index in [1.165, 1.54) is 0 Å². The number of hydrogen-bond acceptors (Lipinski definition) is 6. The number of amides is 1. The fraction of sp³-hybridized carbons (Fsp3) is 0.200. The van der Waals surface area contributed by atoms with Crippen molar-refractivity contribution in [2.45, 2.75) is 22.7 Å². The molecular formula is C15H13ClN2O5S2. The molecular weight excluding hydrogens is 388 g/mol. The smallest absolute Gasteiger partial charge is 0.340 e. The number of carbonyl (C=O) groups excluding carboxylic acids is 2. The highest BCUT2D eigenvalue weighted by atomic mass is 35.5. The zero-order valence-corrected chi connectivity index (χ0v) is 15.0. The Morgan fingerprint density at radius 1 is 1.28 bits per heavy atom. The second-order valence-electron chi connectivity index (χ2n) is 5.52. The molecule has 0 radical (unpaired) electrons. The number of nitrogens with two attached hydrogens (primary N) is 2. The van der Waals surface area contributed by atoms with Crippen LogP contribution in [-0.2, 0) is 26.0 Å². The van der Waals surface area contributed by atoms with Crippen LogP contribution in [0.5, 0.6) is 0 Å². The van der Waals surface area contributed by atoms with Crippen molar-refractivity contribution in [3.05, 3.63) is 51.4 Å². The average Bonchev–Trinajstić information content (AvgIpc) is 3.06. The molecule has 1 heterocycles. The summed E-state index contributed by atoms with van der Waals surface area (Å²) >= 11 is 6.59. The Morgan fingerprint density at radius 3 is 2.56 bits per heavy atom. The largest absolute Gasteiger partial charge is 0.457 e. The molecule has 0 bridgehead atoms. The highest BCUT2D eigenvalue weighted by molar-refractivity contribution is 7.91. The van der Waals surface area contributed by atoms with Crippen LogP contribution in [0.4, 0.5) is 0 Å². The molecule has 0 saturated carbocycles. The Morgan fingerprint density at radius 2 is 1.96 bits per heavy atom. The highest BCUT2D eigenvalue weighted by Crippen LogP contribution is 2.37. The van der Waals surface area contributed by atoms with Crippen LogP contribution in [0, 0.1) is 0 Å². The minimum atomic E-state index is -3.98. The number of ether oxygens (including phenoxy) is 1. The van der Waals surface area contributed by atoms with Gasteiger partial charge in [-0.05, 0) is 17.2 Å². The van der Waals surface area contributed by atoms with Gasteiger partial charge >= 0.3 is 5.97 Å². The van der Waals surface area contributed by atoms with Crippen LogP contribution in [0.25, 0.3) is 0 Å². The lowest BCUT2D eigenvalue weighted by Gasteiger charge is -2.18. The first-order valence-electron chi connectivity index (χ1n) is 7.08. The first kappa shape index (κ1) is 17.9. The summed E-state index contributed by atoms with van der Waals surface area (Å²) in [6.45, 7) is 0. The molecule has 132 valence electrons. The number of benzene rings is 1. The van der Waals surface area contributed by atoms with E-state index in [9.17, 15) is 18.0 Å². The monoisotopic (exact) mass is 400 g/mol. The maximum Gasteiger partial charge on any atom is 0.340 e. The van der Waals surface area contributed by atoms with Gasteiger partial charge in [0.25, 0.3) is 0 Å². The summed E-state index contributed by atoms with van der Waals surface area (Å²) in [5.41, 5.74) is 6.93. The minimum Gasteiger partial charge on any atom is -0.457 e. The van der Waals surface area contributed by atoms with E-state index >= 15 is 0 Å². The van der Waals surface area contributed by atoms with Gasteiger partial charge in [-0.1, -0.05) is 35.9 Å². The summed E-state index contributed by atoms with van der Waals surface area (Å²) in [7, 11) is -3.98. The number of fused-ring (bicyclic) bond motifs is 1. The molecule has 2 aromatic rings. The molecule has 4 N–H and O–H groups in total. The molecule has 3 rings (SSSR count). The summed E-state index contributed by atoms with van der Waals surface area (Å²) in [5.74, 6) is -2.21. The van der Waals surface area contributed by atoms with Gasteiger partial charge in [0, 0.05) is 6.42 Å². The van der Waals surface area contributed by atoms with E-state index in [4.69, 9.17) is 27.2 Å². The van der Waals surface area contributed by atoms with E-state index in [0.717, 1.165) is 17.2 Å². The van der Waals surface area contributed by atoms with Crippen molar-refractivity contribution in [2.24, 2.45) is 10.9 Å². The van der Waals surface area contributed by atoms with E-state index < -0.39 is 33.9 Å². The second kappa shape index (κ2) is 6.41. The van der Waals surface area contributed by atoms with Gasteiger partial charge in [0.1, 0.15) is 20.6 Å². The van der Waals surface area contributed by atoms with Gasteiger partial charge in [0.2, 0.25) is 15.9 Å². The van der Waals surface area contributed by atoms with Crippen molar-refractivity contribution in [1.29, 1.82) is 0 Å². The summed E-state index contributed by atoms with van der Waals surface area (Å²) in [4.78, 5) is 24.2. The first-order valence-corrected chi connectivity index (χ1v) is 9.83. The van der Waals surface area contributed by atoms with Crippen LogP contribution >= 0.6 is 22.9 Å². The predicted octanol–water partition coefficient (Wildman–Crippen LogP) is 1.40. The number of rotatable bonds is 4. The van der Waals surface area contributed by atoms with Gasteiger partial charge in [0.15, 0.2) is 0 Å². The van der Waals surface area contributed by atoms with Gasteiger partial charge in [-0.3, -0.25) is 4.79 Å². The van der Waals surface area contributed by atoms with Crippen LogP contribution < -0.4 is 10.9 Å². The zero-order chi connectivity index (χ0) is 18.4. The van der Waals surface area contributed by atoms with Gasteiger partial charge < -0.3 is 10.5 Å². The van der Waals surface area contributed by atoms with E-state index in [1.807, 2.05) is 12.1 Å². The number of halogens is 1. The van der Waals surface area contributed by atoms with Gasteiger partial charge in [-0.2, -0.15) is 0 Å². The number of hydrogen-bond donors (Lipinski definition) is 2. The maximum absolute atomic E-state index is 12.4. The number of primary amides is 1. The summed E-state index contributed by atoms with van der Waals surface area (Å²) in [6.07, 6.45) is -0.449. The Bertz CT molecular complexity index is 970. The Balaban J connectivity index is 1.87. The Kier molecular flexibility index (Phi) is 4.58. The van der Waals surface area contributed by atoms with Crippen molar-refractivity contribution in [1.82, 2.24) is 0 Å². The fourth-order valence-electron chi connectivity index (χ4n) is 2.83. The molecule has 1 aromatic carbocycles. The Hall–Kier alpha value is -1.94. The number of primary sulfonamides is 1. The molecule has 7 nitrogen and oxygen atoms in total. The number of carbonyl (C=O) groups is 2. The van der Waals surface area contributed by atoms with Crippen molar-refractivity contribution in [3.8, 4) is 0 Å². The highest BCUT2D eigenvalue weighted by Gasteiger charge is 2.39. The van der Waals surface area contributed by atoms with Crippen molar-refractivity contribution in [2.75, 3.05) is 0 Å².